The number of carbonyl (C=O) groups excluding carboxylic acids is 1. The summed E-state index contributed by atoms with van der Waals surface area (Å²) in [5.41, 5.74) is -0.876. The maximum atomic E-state index is 12.5. The smallest absolute Gasteiger partial charge is 0.411 e. The Kier molecular flexibility index (Phi) is 4.26. The van der Waals surface area contributed by atoms with Gasteiger partial charge in [-0.15, -0.1) is 0 Å². The van der Waals surface area contributed by atoms with E-state index in [4.69, 9.17) is 4.74 Å². The lowest BCUT2D eigenvalue weighted by Crippen LogP contribution is -2.66. The van der Waals surface area contributed by atoms with Gasteiger partial charge in [-0.1, -0.05) is 0 Å². The molecule has 1 heterocycles. The van der Waals surface area contributed by atoms with E-state index >= 15 is 0 Å². The Bertz CT molecular complexity index is 325. The summed E-state index contributed by atoms with van der Waals surface area (Å²) in [4.78, 5) is 14.4. The number of hydrogen-bond donors (Lipinski definition) is 1. The van der Waals surface area contributed by atoms with Crippen molar-refractivity contribution in [3.8, 4) is 0 Å². The van der Waals surface area contributed by atoms with Gasteiger partial charge in [0, 0.05) is 17.1 Å². The number of amides is 1. The first-order valence-corrected chi connectivity index (χ1v) is 7.10. The molecule has 0 saturated carbocycles. The summed E-state index contributed by atoms with van der Waals surface area (Å²) >= 11 is 0. The zero-order valence-electron chi connectivity index (χ0n) is 13.8. The molecule has 1 amide bonds. The summed E-state index contributed by atoms with van der Waals surface area (Å²) < 4.78 is 5.58. The molecular formula is C15H30N2O2. The van der Waals surface area contributed by atoms with Crippen LogP contribution >= 0.6 is 0 Å². The summed E-state index contributed by atoms with van der Waals surface area (Å²) in [6.07, 6.45) is 1.66. The van der Waals surface area contributed by atoms with Crippen LogP contribution in [0.25, 0.3) is 0 Å². The minimum Gasteiger partial charge on any atom is -0.444 e. The lowest BCUT2D eigenvalue weighted by Gasteiger charge is -2.54. The van der Waals surface area contributed by atoms with Gasteiger partial charge < -0.3 is 10.1 Å². The predicted molar refractivity (Wildman–Crippen MR) is 78.3 cm³/mol. The van der Waals surface area contributed by atoms with Gasteiger partial charge in [-0.25, -0.2) is 4.79 Å². The number of nitrogens with zero attached hydrogens (tertiary/aromatic N) is 1. The second-order valence-corrected chi connectivity index (χ2v) is 7.83. The molecule has 0 bridgehead atoms. The highest BCUT2D eigenvalue weighted by atomic mass is 16.6. The zero-order chi connectivity index (χ0) is 15.1. The van der Waals surface area contributed by atoms with Crippen LogP contribution in [0, 0.1) is 0 Å². The fourth-order valence-corrected chi connectivity index (χ4v) is 3.29. The van der Waals surface area contributed by atoms with Crippen LogP contribution in [0.5, 0.6) is 0 Å². The molecule has 0 atom stereocenters. The van der Waals surface area contributed by atoms with Crippen molar-refractivity contribution in [3.63, 3.8) is 0 Å². The molecule has 4 nitrogen and oxygen atoms in total. The van der Waals surface area contributed by atoms with E-state index in [-0.39, 0.29) is 17.2 Å². The van der Waals surface area contributed by atoms with Crippen molar-refractivity contribution in [3.05, 3.63) is 0 Å². The van der Waals surface area contributed by atoms with E-state index in [1.165, 1.54) is 0 Å². The van der Waals surface area contributed by atoms with Crippen LogP contribution in [0.3, 0.4) is 0 Å². The van der Waals surface area contributed by atoms with Gasteiger partial charge in [0.1, 0.15) is 5.60 Å². The molecule has 1 rings (SSSR count). The molecule has 0 aromatic rings. The van der Waals surface area contributed by atoms with Crippen molar-refractivity contribution in [1.82, 2.24) is 10.2 Å². The average Bonchev–Trinajstić information content (AvgIpc) is 2.09. The van der Waals surface area contributed by atoms with Crippen molar-refractivity contribution in [1.29, 1.82) is 0 Å². The first-order valence-electron chi connectivity index (χ1n) is 7.10. The van der Waals surface area contributed by atoms with Gasteiger partial charge in [-0.3, -0.25) is 4.90 Å². The maximum absolute atomic E-state index is 12.5. The number of ether oxygens (including phenoxy) is 1. The lowest BCUT2D eigenvalue weighted by molar-refractivity contribution is -0.0576. The van der Waals surface area contributed by atoms with Crippen LogP contribution in [0.15, 0.2) is 0 Å². The third-order valence-corrected chi connectivity index (χ3v) is 3.69. The highest BCUT2D eigenvalue weighted by molar-refractivity contribution is 5.70. The van der Waals surface area contributed by atoms with Crippen molar-refractivity contribution in [2.75, 3.05) is 7.05 Å². The van der Waals surface area contributed by atoms with E-state index in [1.807, 2.05) is 32.7 Å². The Hall–Kier alpha value is -0.770. The molecule has 112 valence electrons. The molecular weight excluding hydrogens is 240 g/mol. The van der Waals surface area contributed by atoms with Gasteiger partial charge in [-0.2, -0.15) is 0 Å². The Balaban J connectivity index is 3.00. The van der Waals surface area contributed by atoms with Gasteiger partial charge in [0.25, 0.3) is 0 Å². The van der Waals surface area contributed by atoms with E-state index in [0.717, 1.165) is 12.8 Å². The van der Waals surface area contributed by atoms with Gasteiger partial charge in [0.15, 0.2) is 0 Å². The molecule has 4 heteroatoms. The number of piperidine rings is 1. The van der Waals surface area contributed by atoms with Crippen LogP contribution in [0.2, 0.25) is 0 Å². The summed E-state index contributed by atoms with van der Waals surface area (Å²) in [7, 11) is 1.99. The molecule has 1 saturated heterocycles. The molecule has 19 heavy (non-hydrogen) atoms. The topological polar surface area (TPSA) is 41.6 Å². The minimum absolute atomic E-state index is 0.211. The summed E-state index contributed by atoms with van der Waals surface area (Å²) in [5.74, 6) is 0. The quantitative estimate of drug-likeness (QED) is 0.795. The molecule has 0 radical (unpaired) electrons. The van der Waals surface area contributed by atoms with Gasteiger partial charge in [0.2, 0.25) is 0 Å². The Morgan fingerprint density at radius 2 is 1.58 bits per heavy atom. The molecule has 1 aliphatic heterocycles. The molecule has 0 aromatic carbocycles. The largest absolute Gasteiger partial charge is 0.444 e. The van der Waals surface area contributed by atoms with Crippen LogP contribution < -0.4 is 5.32 Å². The first kappa shape index (κ1) is 16.3. The van der Waals surface area contributed by atoms with Crippen molar-refractivity contribution in [2.24, 2.45) is 0 Å². The third kappa shape index (κ3) is 3.85. The summed E-state index contributed by atoms with van der Waals surface area (Å²) in [6.45, 7) is 14.2. The normalized spacial score (nSPS) is 23.3. The zero-order valence-corrected chi connectivity index (χ0v) is 13.8. The first-order chi connectivity index (χ1) is 8.39. The van der Waals surface area contributed by atoms with Gasteiger partial charge in [-0.05, 0) is 68.4 Å². The molecule has 0 unspecified atom stereocenters. The molecule has 1 N–H and O–H groups in total. The van der Waals surface area contributed by atoms with Crippen LogP contribution in [-0.4, -0.2) is 40.8 Å². The average molecular weight is 270 g/mol. The fourth-order valence-electron chi connectivity index (χ4n) is 3.29. The minimum atomic E-state index is -0.455. The number of rotatable bonds is 1. The number of carbonyl (C=O) groups is 1. The van der Waals surface area contributed by atoms with Crippen LogP contribution in [-0.2, 0) is 4.74 Å². The SMILES string of the molecule is CNC1CC(C)(C)N(C(=O)OC(C)(C)C)C(C)(C)C1. The highest BCUT2D eigenvalue weighted by Gasteiger charge is 2.48. The van der Waals surface area contributed by atoms with E-state index in [9.17, 15) is 4.79 Å². The summed E-state index contributed by atoms with van der Waals surface area (Å²) in [6, 6.07) is 0.434. The number of likely N-dealkylation sites (tertiary alicyclic amines) is 1. The summed E-state index contributed by atoms with van der Waals surface area (Å²) in [5, 5.41) is 3.34. The van der Waals surface area contributed by atoms with Crippen LogP contribution in [0.4, 0.5) is 4.79 Å². The van der Waals surface area contributed by atoms with Crippen molar-refractivity contribution in [2.45, 2.75) is 84.0 Å². The Labute approximate surface area is 117 Å². The highest BCUT2D eigenvalue weighted by Crippen LogP contribution is 2.39. The van der Waals surface area contributed by atoms with Crippen molar-refractivity contribution >= 4 is 6.09 Å². The molecule has 0 aliphatic carbocycles. The van der Waals surface area contributed by atoms with Crippen molar-refractivity contribution < 1.29 is 9.53 Å². The third-order valence-electron chi connectivity index (χ3n) is 3.69. The Morgan fingerprint density at radius 3 is 1.89 bits per heavy atom. The predicted octanol–water partition coefficient (Wildman–Crippen LogP) is 3.16. The maximum Gasteiger partial charge on any atom is 0.411 e. The monoisotopic (exact) mass is 270 g/mol. The van der Waals surface area contributed by atoms with E-state index in [1.54, 1.807) is 0 Å². The second kappa shape index (κ2) is 4.97. The lowest BCUT2D eigenvalue weighted by atomic mass is 9.77. The fraction of sp³-hybridized carbons (Fsp3) is 0.933. The molecule has 0 spiro atoms. The standard InChI is InChI=1S/C15H30N2O2/c1-13(2,3)19-12(18)17-14(4,5)9-11(16-8)10-15(17,6)7/h11,16H,9-10H2,1-8H3. The Morgan fingerprint density at radius 1 is 1.16 bits per heavy atom. The number of hydrogen-bond acceptors (Lipinski definition) is 3. The molecule has 1 aliphatic rings. The number of nitrogens with one attached hydrogen (secondary N) is 1. The van der Waals surface area contributed by atoms with Crippen LogP contribution in [0.1, 0.15) is 61.3 Å². The molecule has 0 aromatic heterocycles. The van der Waals surface area contributed by atoms with E-state index < -0.39 is 5.60 Å². The van der Waals surface area contributed by atoms with Gasteiger partial charge >= 0.3 is 6.09 Å². The van der Waals surface area contributed by atoms with E-state index in [0.29, 0.717) is 6.04 Å². The molecule has 1 fully saturated rings. The van der Waals surface area contributed by atoms with Gasteiger partial charge in [0.05, 0.1) is 0 Å². The second-order valence-electron chi connectivity index (χ2n) is 7.83. The van der Waals surface area contributed by atoms with E-state index in [2.05, 4.69) is 33.0 Å².